The van der Waals surface area contributed by atoms with Gasteiger partial charge in [0.05, 0.1) is 11.3 Å². The van der Waals surface area contributed by atoms with Crippen LogP contribution in [0.25, 0.3) is 0 Å². The summed E-state index contributed by atoms with van der Waals surface area (Å²) in [5, 5.41) is 0. The van der Waals surface area contributed by atoms with Gasteiger partial charge in [-0.25, -0.2) is 4.98 Å². The van der Waals surface area contributed by atoms with Crippen LogP contribution < -0.4 is 4.74 Å². The van der Waals surface area contributed by atoms with Crippen LogP contribution in [0.3, 0.4) is 0 Å². The summed E-state index contributed by atoms with van der Waals surface area (Å²) in [6, 6.07) is 9.18. The first kappa shape index (κ1) is 13.3. The number of halogens is 3. The molecule has 0 N–H and O–H groups in total. The van der Waals surface area contributed by atoms with Crippen LogP contribution >= 0.6 is 0 Å². The molecule has 2 rings (SSSR count). The van der Waals surface area contributed by atoms with Crippen LogP contribution in [0.1, 0.15) is 16.8 Å². The van der Waals surface area contributed by atoms with Crippen LogP contribution in [-0.2, 0) is 12.8 Å². The van der Waals surface area contributed by atoms with Crippen molar-refractivity contribution >= 4 is 0 Å². The van der Waals surface area contributed by atoms with Gasteiger partial charge >= 0.3 is 12.2 Å². The van der Waals surface area contributed by atoms with Crippen molar-refractivity contribution in [1.29, 1.82) is 0 Å². The van der Waals surface area contributed by atoms with E-state index in [9.17, 15) is 13.2 Å². The van der Waals surface area contributed by atoms with Crippen molar-refractivity contribution in [2.45, 2.75) is 19.7 Å². The maximum absolute atomic E-state index is 12.5. The van der Waals surface area contributed by atoms with Crippen molar-refractivity contribution in [1.82, 2.24) is 9.97 Å². The van der Waals surface area contributed by atoms with Crippen LogP contribution in [-0.4, -0.2) is 9.97 Å². The Balaban J connectivity index is 2.09. The van der Waals surface area contributed by atoms with Gasteiger partial charge in [-0.1, -0.05) is 30.3 Å². The Morgan fingerprint density at radius 2 is 1.84 bits per heavy atom. The number of hydrogen-bond acceptors (Lipinski definition) is 3. The van der Waals surface area contributed by atoms with E-state index in [1.807, 2.05) is 30.3 Å². The molecule has 2 aromatic rings. The first-order chi connectivity index (χ1) is 8.97. The summed E-state index contributed by atoms with van der Waals surface area (Å²) in [5.41, 5.74) is -0.103. The molecule has 1 aromatic carbocycles. The Labute approximate surface area is 108 Å². The number of aromatic nitrogens is 2. The van der Waals surface area contributed by atoms with Gasteiger partial charge in [-0.05, 0) is 12.5 Å². The molecule has 0 fully saturated rings. The molecule has 0 atom stereocenters. The third-order valence-corrected chi connectivity index (χ3v) is 2.47. The minimum absolute atomic E-state index is 0.0608. The second-order valence-electron chi connectivity index (χ2n) is 3.92. The highest BCUT2D eigenvalue weighted by Gasteiger charge is 2.33. The summed E-state index contributed by atoms with van der Waals surface area (Å²) < 4.78 is 42.8. The van der Waals surface area contributed by atoms with Crippen molar-refractivity contribution in [3.05, 3.63) is 53.3 Å². The summed E-state index contributed by atoms with van der Waals surface area (Å²) in [5.74, 6) is 0. The highest BCUT2D eigenvalue weighted by atomic mass is 19.4. The number of alkyl halides is 3. The number of hydrogen-bond donors (Lipinski definition) is 0. The van der Waals surface area contributed by atoms with Crippen molar-refractivity contribution in [3.8, 4) is 6.01 Å². The highest BCUT2D eigenvalue weighted by Crippen LogP contribution is 2.30. The molecule has 0 unspecified atom stereocenters. The molecule has 0 amide bonds. The summed E-state index contributed by atoms with van der Waals surface area (Å²) in [6.45, 7) is 1.49. The fourth-order valence-corrected chi connectivity index (χ4v) is 1.52. The van der Waals surface area contributed by atoms with Gasteiger partial charge in [-0.2, -0.15) is 18.2 Å². The summed E-state index contributed by atoms with van der Waals surface area (Å²) in [7, 11) is 0. The second kappa shape index (κ2) is 5.26. The van der Waals surface area contributed by atoms with E-state index in [1.165, 1.54) is 6.92 Å². The third-order valence-electron chi connectivity index (χ3n) is 2.47. The molecular formula is C13H11F3N2O. The zero-order valence-corrected chi connectivity index (χ0v) is 10.1. The predicted octanol–water partition coefficient (Wildman–Crippen LogP) is 3.38. The Morgan fingerprint density at radius 1 is 1.16 bits per heavy atom. The van der Waals surface area contributed by atoms with E-state index in [0.29, 0.717) is 0 Å². The fourth-order valence-electron chi connectivity index (χ4n) is 1.52. The monoisotopic (exact) mass is 268 g/mol. The lowest BCUT2D eigenvalue weighted by Gasteiger charge is -2.10. The van der Waals surface area contributed by atoms with Gasteiger partial charge in [0, 0.05) is 6.20 Å². The molecule has 19 heavy (non-hydrogen) atoms. The Bertz CT molecular complexity index is 556. The minimum Gasteiger partial charge on any atom is -0.459 e. The molecule has 0 bridgehead atoms. The molecule has 0 saturated heterocycles. The highest BCUT2D eigenvalue weighted by molar-refractivity contribution is 5.21. The second-order valence-corrected chi connectivity index (χ2v) is 3.92. The lowest BCUT2D eigenvalue weighted by Crippen LogP contribution is -2.11. The van der Waals surface area contributed by atoms with Crippen LogP contribution in [0.15, 0.2) is 36.5 Å². The van der Waals surface area contributed by atoms with Crippen molar-refractivity contribution < 1.29 is 17.9 Å². The molecule has 0 radical (unpaired) electrons. The van der Waals surface area contributed by atoms with Crippen LogP contribution in [0.4, 0.5) is 13.2 Å². The van der Waals surface area contributed by atoms with E-state index in [4.69, 9.17) is 4.74 Å². The SMILES string of the molecule is Cc1nc(OCc2ccccc2)ncc1C(F)(F)F. The maximum atomic E-state index is 12.5. The largest absolute Gasteiger partial charge is 0.459 e. The number of nitrogens with zero attached hydrogens (tertiary/aromatic N) is 2. The Hall–Kier alpha value is -2.11. The number of aryl methyl sites for hydroxylation is 1. The number of benzene rings is 1. The van der Waals surface area contributed by atoms with Crippen LogP contribution in [0.2, 0.25) is 0 Å². The molecular weight excluding hydrogens is 257 g/mol. The van der Waals surface area contributed by atoms with Gasteiger partial charge in [0.25, 0.3) is 0 Å². The van der Waals surface area contributed by atoms with Crippen molar-refractivity contribution in [3.63, 3.8) is 0 Å². The molecule has 0 saturated carbocycles. The van der Waals surface area contributed by atoms with E-state index in [2.05, 4.69) is 9.97 Å². The number of rotatable bonds is 3. The first-order valence-corrected chi connectivity index (χ1v) is 5.54. The predicted molar refractivity (Wildman–Crippen MR) is 62.5 cm³/mol. The van der Waals surface area contributed by atoms with E-state index in [0.717, 1.165) is 11.8 Å². The summed E-state index contributed by atoms with van der Waals surface area (Å²) in [6.07, 6.45) is -3.70. The molecule has 0 spiro atoms. The lowest BCUT2D eigenvalue weighted by molar-refractivity contribution is -0.138. The molecule has 0 aliphatic heterocycles. The number of ether oxygens (including phenoxy) is 1. The molecule has 3 nitrogen and oxygen atoms in total. The molecule has 6 heteroatoms. The van der Waals surface area contributed by atoms with Gasteiger partial charge in [-0.15, -0.1) is 0 Å². The van der Waals surface area contributed by atoms with E-state index >= 15 is 0 Å². The van der Waals surface area contributed by atoms with Crippen molar-refractivity contribution in [2.24, 2.45) is 0 Å². The van der Waals surface area contributed by atoms with E-state index < -0.39 is 11.7 Å². The lowest BCUT2D eigenvalue weighted by atomic mass is 10.2. The molecule has 100 valence electrons. The quantitative estimate of drug-likeness (QED) is 0.856. The van der Waals surface area contributed by atoms with Crippen molar-refractivity contribution in [2.75, 3.05) is 0 Å². The zero-order valence-electron chi connectivity index (χ0n) is 10.1. The van der Waals surface area contributed by atoms with Gasteiger partial charge in [-0.3, -0.25) is 0 Å². The Kier molecular flexibility index (Phi) is 3.69. The standard InChI is InChI=1S/C13H11F3N2O/c1-9-11(13(14,15)16)7-17-12(18-9)19-8-10-5-3-2-4-6-10/h2-7H,8H2,1H3. The van der Waals surface area contributed by atoms with Crippen LogP contribution in [0.5, 0.6) is 6.01 Å². The smallest absolute Gasteiger partial charge is 0.419 e. The Morgan fingerprint density at radius 3 is 2.42 bits per heavy atom. The average Bonchev–Trinajstić information content (AvgIpc) is 2.36. The molecule has 1 aromatic heterocycles. The third kappa shape index (κ3) is 3.43. The van der Waals surface area contributed by atoms with Gasteiger partial charge < -0.3 is 4.74 Å². The van der Waals surface area contributed by atoms with E-state index in [-0.39, 0.29) is 18.3 Å². The normalized spacial score (nSPS) is 11.4. The van der Waals surface area contributed by atoms with Gasteiger partial charge in [0.1, 0.15) is 6.61 Å². The maximum Gasteiger partial charge on any atom is 0.419 e. The zero-order chi connectivity index (χ0) is 13.9. The van der Waals surface area contributed by atoms with Gasteiger partial charge in [0.2, 0.25) is 0 Å². The summed E-state index contributed by atoms with van der Waals surface area (Å²) in [4.78, 5) is 7.27. The van der Waals surface area contributed by atoms with E-state index in [1.54, 1.807) is 0 Å². The average molecular weight is 268 g/mol. The topological polar surface area (TPSA) is 35.0 Å². The fraction of sp³-hybridized carbons (Fsp3) is 0.231. The molecule has 0 aliphatic rings. The molecule has 0 aliphatic carbocycles. The minimum atomic E-state index is -4.44. The first-order valence-electron chi connectivity index (χ1n) is 5.54. The van der Waals surface area contributed by atoms with Crippen LogP contribution in [0, 0.1) is 6.92 Å². The van der Waals surface area contributed by atoms with Gasteiger partial charge in [0.15, 0.2) is 0 Å². The molecule has 1 heterocycles. The summed E-state index contributed by atoms with van der Waals surface area (Å²) >= 11 is 0.